The molecular weight excluding hydrogens is 473 g/mol. The Labute approximate surface area is 214 Å². The average Bonchev–Trinajstić information content (AvgIpc) is 3.28. The molecule has 1 aliphatic heterocycles. The molecule has 1 aromatic heterocycles. The molecule has 3 aromatic carbocycles. The van der Waals surface area contributed by atoms with Crippen LogP contribution in [0.5, 0.6) is 0 Å². The van der Waals surface area contributed by atoms with Crippen LogP contribution in [-0.4, -0.2) is 51.8 Å². The fourth-order valence-electron chi connectivity index (χ4n) is 4.51. The quantitative estimate of drug-likeness (QED) is 0.337. The number of nitrogens with zero attached hydrogens (tertiary/aromatic N) is 5. The molecule has 0 N–H and O–H groups in total. The molecule has 0 spiro atoms. The molecule has 8 heteroatoms. The monoisotopic (exact) mass is 501 g/mol. The highest BCUT2D eigenvalue weighted by Crippen LogP contribution is 2.27. The number of para-hydroxylation sites is 2. The second kappa shape index (κ2) is 10.5. The lowest BCUT2D eigenvalue weighted by Crippen LogP contribution is -2.49. The Morgan fingerprint density at radius 3 is 2.36 bits per heavy atom. The number of anilines is 1. The second-order valence-electron chi connectivity index (χ2n) is 8.87. The SMILES string of the molecule is Cc1ccccc1-n1c(C)nnc1SCc1cccc(C(=O)N2CCN(c3ccccc3F)CC2)c1. The molecule has 0 unspecified atom stereocenters. The molecule has 0 bridgehead atoms. The maximum atomic E-state index is 14.1. The fraction of sp³-hybridized carbons (Fsp3) is 0.250. The van der Waals surface area contributed by atoms with Crippen LogP contribution in [0.15, 0.2) is 78.0 Å². The van der Waals surface area contributed by atoms with E-state index in [1.807, 2.05) is 59.2 Å². The molecular formula is C28H28FN5OS. The number of thioether (sulfide) groups is 1. The molecule has 0 aliphatic carbocycles. The summed E-state index contributed by atoms with van der Waals surface area (Å²) in [5.41, 5.74) is 4.54. The van der Waals surface area contributed by atoms with Gasteiger partial charge in [0.2, 0.25) is 0 Å². The third-order valence-electron chi connectivity index (χ3n) is 6.45. The van der Waals surface area contributed by atoms with Gasteiger partial charge in [-0.25, -0.2) is 4.39 Å². The predicted octanol–water partition coefficient (Wildman–Crippen LogP) is 5.28. The lowest BCUT2D eigenvalue weighted by atomic mass is 10.1. The first kappa shape index (κ1) is 24.1. The summed E-state index contributed by atoms with van der Waals surface area (Å²) < 4.78 is 16.2. The Morgan fingerprint density at radius 2 is 1.61 bits per heavy atom. The minimum atomic E-state index is -0.226. The number of piperazine rings is 1. The third-order valence-corrected chi connectivity index (χ3v) is 7.45. The average molecular weight is 502 g/mol. The van der Waals surface area contributed by atoms with E-state index in [1.165, 1.54) is 6.07 Å². The van der Waals surface area contributed by atoms with Crippen LogP contribution in [0.3, 0.4) is 0 Å². The van der Waals surface area contributed by atoms with Crippen molar-refractivity contribution in [2.45, 2.75) is 24.8 Å². The number of hydrogen-bond acceptors (Lipinski definition) is 5. The van der Waals surface area contributed by atoms with E-state index >= 15 is 0 Å². The van der Waals surface area contributed by atoms with Crippen molar-refractivity contribution in [1.82, 2.24) is 19.7 Å². The number of rotatable bonds is 6. The minimum absolute atomic E-state index is 0.00829. The van der Waals surface area contributed by atoms with Gasteiger partial charge in [0, 0.05) is 37.5 Å². The summed E-state index contributed by atoms with van der Waals surface area (Å²) in [5, 5.41) is 9.50. The molecule has 0 saturated carbocycles. The third kappa shape index (κ3) is 4.99. The van der Waals surface area contributed by atoms with Gasteiger partial charge in [0.1, 0.15) is 11.6 Å². The van der Waals surface area contributed by atoms with E-state index in [9.17, 15) is 9.18 Å². The van der Waals surface area contributed by atoms with E-state index < -0.39 is 0 Å². The molecule has 1 fully saturated rings. The predicted molar refractivity (Wildman–Crippen MR) is 141 cm³/mol. The van der Waals surface area contributed by atoms with Gasteiger partial charge in [-0.05, 0) is 55.3 Å². The topological polar surface area (TPSA) is 54.3 Å². The zero-order valence-electron chi connectivity index (χ0n) is 20.4. The molecule has 1 saturated heterocycles. The van der Waals surface area contributed by atoms with Crippen LogP contribution >= 0.6 is 11.8 Å². The first-order valence-corrected chi connectivity index (χ1v) is 13.0. The van der Waals surface area contributed by atoms with Gasteiger partial charge in [0.05, 0.1) is 11.4 Å². The maximum absolute atomic E-state index is 14.1. The smallest absolute Gasteiger partial charge is 0.253 e. The molecule has 1 aliphatic rings. The summed E-state index contributed by atoms with van der Waals surface area (Å²) in [6.45, 7) is 6.37. The van der Waals surface area contributed by atoms with Gasteiger partial charge in [0.25, 0.3) is 5.91 Å². The first-order chi connectivity index (χ1) is 17.5. The van der Waals surface area contributed by atoms with E-state index in [4.69, 9.17) is 0 Å². The Morgan fingerprint density at radius 1 is 0.889 bits per heavy atom. The maximum Gasteiger partial charge on any atom is 0.253 e. The fourth-order valence-corrected chi connectivity index (χ4v) is 5.44. The summed E-state index contributed by atoms with van der Waals surface area (Å²) in [7, 11) is 0. The van der Waals surface area contributed by atoms with Crippen molar-refractivity contribution in [1.29, 1.82) is 0 Å². The molecule has 0 atom stereocenters. The van der Waals surface area contributed by atoms with Crippen molar-refractivity contribution < 1.29 is 9.18 Å². The number of aromatic nitrogens is 3. The molecule has 184 valence electrons. The van der Waals surface area contributed by atoms with Gasteiger partial charge in [0.15, 0.2) is 5.16 Å². The lowest BCUT2D eigenvalue weighted by Gasteiger charge is -2.36. The normalized spacial score (nSPS) is 13.8. The van der Waals surface area contributed by atoms with Crippen molar-refractivity contribution in [3.8, 4) is 5.69 Å². The Bertz CT molecular complexity index is 1380. The van der Waals surface area contributed by atoms with Crippen molar-refractivity contribution in [2.75, 3.05) is 31.1 Å². The van der Waals surface area contributed by atoms with Gasteiger partial charge in [-0.15, -0.1) is 10.2 Å². The highest BCUT2D eigenvalue weighted by atomic mass is 32.2. The van der Waals surface area contributed by atoms with Crippen molar-refractivity contribution in [2.24, 2.45) is 0 Å². The molecule has 36 heavy (non-hydrogen) atoms. The Kier molecular flexibility index (Phi) is 7.04. The van der Waals surface area contributed by atoms with Crippen LogP contribution < -0.4 is 4.90 Å². The molecule has 1 amide bonds. The molecule has 0 radical (unpaired) electrons. The minimum Gasteiger partial charge on any atom is -0.366 e. The van der Waals surface area contributed by atoms with Crippen LogP contribution in [0.4, 0.5) is 10.1 Å². The van der Waals surface area contributed by atoms with E-state index in [-0.39, 0.29) is 11.7 Å². The van der Waals surface area contributed by atoms with Crippen molar-refractivity contribution in [3.05, 3.63) is 101 Å². The van der Waals surface area contributed by atoms with Crippen LogP contribution in [0.1, 0.15) is 27.3 Å². The number of benzene rings is 3. The first-order valence-electron chi connectivity index (χ1n) is 12.0. The Hall–Kier alpha value is -3.65. The van der Waals surface area contributed by atoms with Crippen LogP contribution in [0, 0.1) is 19.7 Å². The van der Waals surface area contributed by atoms with Gasteiger partial charge in [-0.1, -0.05) is 54.2 Å². The summed E-state index contributed by atoms with van der Waals surface area (Å²) in [6.07, 6.45) is 0. The summed E-state index contributed by atoms with van der Waals surface area (Å²) in [4.78, 5) is 17.1. The van der Waals surface area contributed by atoms with E-state index in [0.29, 0.717) is 43.2 Å². The van der Waals surface area contributed by atoms with Gasteiger partial charge in [-0.2, -0.15) is 0 Å². The van der Waals surface area contributed by atoms with Crippen molar-refractivity contribution >= 4 is 23.4 Å². The van der Waals surface area contributed by atoms with Crippen molar-refractivity contribution in [3.63, 3.8) is 0 Å². The van der Waals surface area contributed by atoms with Crippen LogP contribution in [0.2, 0.25) is 0 Å². The van der Waals surface area contributed by atoms with Gasteiger partial charge < -0.3 is 9.80 Å². The zero-order valence-corrected chi connectivity index (χ0v) is 21.2. The standard InChI is InChI=1S/C28H28FN5OS/c1-20-8-3-5-12-25(20)34-21(2)30-31-28(34)36-19-22-9-7-10-23(18-22)27(35)33-16-14-32(15-17-33)26-13-6-4-11-24(26)29/h3-13,18H,14-17,19H2,1-2H3. The summed E-state index contributed by atoms with van der Waals surface area (Å²) >= 11 is 1.60. The zero-order chi connectivity index (χ0) is 25.1. The number of amides is 1. The lowest BCUT2D eigenvalue weighted by molar-refractivity contribution is 0.0746. The number of carbonyl (C=O) groups is 1. The Balaban J connectivity index is 1.25. The van der Waals surface area contributed by atoms with Crippen LogP contribution in [0.25, 0.3) is 5.69 Å². The largest absolute Gasteiger partial charge is 0.366 e. The molecule has 4 aromatic rings. The van der Waals surface area contributed by atoms with Gasteiger partial charge in [-0.3, -0.25) is 9.36 Å². The van der Waals surface area contributed by atoms with E-state index in [2.05, 4.69) is 33.8 Å². The summed E-state index contributed by atoms with van der Waals surface area (Å²) in [6, 6.07) is 22.7. The summed E-state index contributed by atoms with van der Waals surface area (Å²) in [5.74, 6) is 1.29. The number of carbonyl (C=O) groups excluding carboxylic acids is 1. The van der Waals surface area contributed by atoms with E-state index in [0.717, 1.165) is 27.8 Å². The van der Waals surface area contributed by atoms with E-state index in [1.54, 1.807) is 23.9 Å². The number of aryl methyl sites for hydroxylation is 2. The highest BCUT2D eigenvalue weighted by Gasteiger charge is 2.24. The number of hydrogen-bond donors (Lipinski definition) is 0. The molecule has 5 rings (SSSR count). The molecule has 2 heterocycles. The van der Waals surface area contributed by atoms with Gasteiger partial charge >= 0.3 is 0 Å². The van der Waals surface area contributed by atoms with Crippen LogP contribution in [-0.2, 0) is 5.75 Å². The second-order valence-corrected chi connectivity index (χ2v) is 9.81. The number of halogens is 1. The highest BCUT2D eigenvalue weighted by molar-refractivity contribution is 7.98. The molecule has 6 nitrogen and oxygen atoms in total.